The topological polar surface area (TPSA) is 73.1 Å². The standard InChI is InChI=1S/C32H37N5O2Si/c1-23-15-16-29(37-33-17-18-34-37)30(35-23)31(38)36-21-25-19-24(25)20-26(36)22-39-40(32(2,3)4,27-11-7-5-8-12-27)28-13-9-6-10-14-28/h5-18,24-26H,19-22H2,1-4H3/t24-,25+,26+/m1/s1. The maximum atomic E-state index is 14.3. The predicted octanol–water partition coefficient (Wildman–Crippen LogP) is 4.40. The van der Waals surface area contributed by atoms with Crippen LogP contribution in [0.2, 0.25) is 5.04 Å². The lowest BCUT2D eigenvalue weighted by Crippen LogP contribution is -2.67. The zero-order valence-electron chi connectivity index (χ0n) is 23.7. The molecule has 3 atom stereocenters. The zero-order valence-corrected chi connectivity index (χ0v) is 24.7. The highest BCUT2D eigenvalue weighted by Gasteiger charge is 2.52. The van der Waals surface area contributed by atoms with E-state index in [1.807, 2.05) is 24.0 Å². The van der Waals surface area contributed by atoms with Gasteiger partial charge in [0.1, 0.15) is 5.69 Å². The van der Waals surface area contributed by atoms with E-state index in [1.54, 1.807) is 12.4 Å². The minimum absolute atomic E-state index is 0.0290. The van der Waals surface area contributed by atoms with E-state index < -0.39 is 8.32 Å². The average molecular weight is 552 g/mol. The van der Waals surface area contributed by atoms with E-state index in [-0.39, 0.29) is 17.0 Å². The number of piperidine rings is 1. The number of hydrogen-bond donors (Lipinski definition) is 0. The fraction of sp³-hybridized carbons (Fsp3) is 0.375. The van der Waals surface area contributed by atoms with Gasteiger partial charge in [0.15, 0.2) is 5.69 Å². The molecular formula is C32H37N5O2Si. The first-order chi connectivity index (χ1) is 19.3. The summed E-state index contributed by atoms with van der Waals surface area (Å²) < 4.78 is 7.31. The van der Waals surface area contributed by atoms with E-state index in [4.69, 9.17) is 9.41 Å². The van der Waals surface area contributed by atoms with Crippen LogP contribution >= 0.6 is 0 Å². The highest BCUT2D eigenvalue weighted by Crippen LogP contribution is 2.48. The SMILES string of the molecule is Cc1ccc(-n2nccn2)c(C(=O)N2C[C@@H]3C[C@@H]3C[C@H]2CO[Si](c2ccccc2)(c2ccccc2)C(C)(C)C)n1. The smallest absolute Gasteiger partial charge is 0.275 e. The first kappa shape index (κ1) is 26.6. The van der Waals surface area contributed by atoms with Crippen molar-refractivity contribution in [2.24, 2.45) is 11.8 Å². The minimum atomic E-state index is -2.73. The molecule has 2 aromatic heterocycles. The number of pyridine rings is 1. The molecule has 40 heavy (non-hydrogen) atoms. The van der Waals surface area contributed by atoms with Gasteiger partial charge in [0.25, 0.3) is 14.2 Å². The van der Waals surface area contributed by atoms with Crippen molar-refractivity contribution < 1.29 is 9.22 Å². The summed E-state index contributed by atoms with van der Waals surface area (Å²) in [6.45, 7) is 10.0. The summed E-state index contributed by atoms with van der Waals surface area (Å²) in [5.41, 5.74) is 1.79. The molecule has 0 spiro atoms. The second-order valence-corrected chi connectivity index (χ2v) is 16.5. The first-order valence-corrected chi connectivity index (χ1v) is 16.1. The second kappa shape index (κ2) is 10.4. The van der Waals surface area contributed by atoms with Gasteiger partial charge in [-0.2, -0.15) is 10.2 Å². The Morgan fingerprint density at radius 2 is 1.52 bits per heavy atom. The molecule has 0 N–H and O–H groups in total. The van der Waals surface area contributed by atoms with Crippen molar-refractivity contribution in [3.63, 3.8) is 0 Å². The second-order valence-electron chi connectivity index (χ2n) is 12.2. The van der Waals surface area contributed by atoms with Crippen LogP contribution in [0.25, 0.3) is 5.69 Å². The Bertz CT molecular complexity index is 1430. The van der Waals surface area contributed by atoms with E-state index in [9.17, 15) is 4.79 Å². The third-order valence-corrected chi connectivity index (χ3v) is 13.5. The van der Waals surface area contributed by atoms with Crippen LogP contribution in [0.1, 0.15) is 49.8 Å². The van der Waals surface area contributed by atoms with Crippen LogP contribution in [0.15, 0.2) is 85.2 Å². The van der Waals surface area contributed by atoms with Gasteiger partial charge in [0, 0.05) is 12.2 Å². The lowest BCUT2D eigenvalue weighted by atomic mass is 10.0. The van der Waals surface area contributed by atoms with E-state index in [0.717, 1.165) is 18.7 Å². The molecule has 206 valence electrons. The molecule has 2 aliphatic rings. The number of hydrogen-bond acceptors (Lipinski definition) is 5. The number of aromatic nitrogens is 4. The maximum Gasteiger partial charge on any atom is 0.275 e. The van der Waals surface area contributed by atoms with Crippen LogP contribution in [0, 0.1) is 18.8 Å². The highest BCUT2D eigenvalue weighted by atomic mass is 28.4. The van der Waals surface area contributed by atoms with E-state index in [1.165, 1.54) is 21.6 Å². The molecule has 3 heterocycles. The highest BCUT2D eigenvalue weighted by molar-refractivity contribution is 6.99. The number of aryl methyl sites for hydroxylation is 1. The molecule has 0 radical (unpaired) electrons. The number of likely N-dealkylation sites (tertiary alicyclic amines) is 1. The third kappa shape index (κ3) is 4.79. The molecule has 2 fully saturated rings. The average Bonchev–Trinajstić information content (AvgIpc) is 3.50. The van der Waals surface area contributed by atoms with Crippen LogP contribution in [0.5, 0.6) is 0 Å². The van der Waals surface area contributed by atoms with Gasteiger partial charge in [-0.05, 0) is 59.1 Å². The summed E-state index contributed by atoms with van der Waals surface area (Å²) in [6.07, 6.45) is 5.36. The lowest BCUT2D eigenvalue weighted by molar-refractivity contribution is 0.0497. The summed E-state index contributed by atoms with van der Waals surface area (Å²) >= 11 is 0. The largest absolute Gasteiger partial charge is 0.405 e. The Labute approximate surface area is 237 Å². The van der Waals surface area contributed by atoms with Crippen molar-refractivity contribution in [1.82, 2.24) is 24.9 Å². The summed E-state index contributed by atoms with van der Waals surface area (Å²) in [4.78, 5) is 22.5. The maximum absolute atomic E-state index is 14.3. The fourth-order valence-corrected chi connectivity index (χ4v) is 11.0. The van der Waals surface area contributed by atoms with Gasteiger partial charge in [-0.3, -0.25) is 4.79 Å². The Kier molecular flexibility index (Phi) is 6.92. The predicted molar refractivity (Wildman–Crippen MR) is 159 cm³/mol. The molecule has 0 bridgehead atoms. The molecule has 7 nitrogen and oxygen atoms in total. The van der Waals surface area contributed by atoms with Crippen LogP contribution in [-0.4, -0.2) is 58.3 Å². The molecule has 1 saturated carbocycles. The van der Waals surface area contributed by atoms with Gasteiger partial charge in [-0.15, -0.1) is 4.80 Å². The van der Waals surface area contributed by atoms with Crippen molar-refractivity contribution in [2.75, 3.05) is 13.2 Å². The number of fused-ring (bicyclic) bond motifs is 1. The van der Waals surface area contributed by atoms with Crippen molar-refractivity contribution >= 4 is 24.6 Å². The summed E-state index contributed by atoms with van der Waals surface area (Å²) in [7, 11) is -2.73. The van der Waals surface area contributed by atoms with Crippen molar-refractivity contribution in [3.8, 4) is 5.69 Å². The lowest BCUT2D eigenvalue weighted by Gasteiger charge is -2.45. The van der Waals surface area contributed by atoms with Crippen molar-refractivity contribution in [1.29, 1.82) is 0 Å². The van der Waals surface area contributed by atoms with Crippen molar-refractivity contribution in [3.05, 3.63) is 96.6 Å². The molecule has 8 heteroatoms. The molecular weight excluding hydrogens is 514 g/mol. The van der Waals surface area contributed by atoms with Crippen molar-refractivity contribution in [2.45, 2.75) is 51.6 Å². The molecule has 1 amide bonds. The van der Waals surface area contributed by atoms with Gasteiger partial charge in [-0.1, -0.05) is 81.4 Å². The molecule has 6 rings (SSSR count). The van der Waals surface area contributed by atoms with Gasteiger partial charge >= 0.3 is 0 Å². The summed E-state index contributed by atoms with van der Waals surface area (Å²) in [5.74, 6) is 1.15. The molecule has 1 saturated heterocycles. The Balaban J connectivity index is 1.36. The van der Waals surface area contributed by atoms with Gasteiger partial charge in [0.2, 0.25) is 0 Å². The number of benzene rings is 2. The summed E-state index contributed by atoms with van der Waals surface area (Å²) in [6, 6.07) is 25.1. The van der Waals surface area contributed by atoms with Crippen LogP contribution < -0.4 is 10.4 Å². The van der Waals surface area contributed by atoms with Gasteiger partial charge < -0.3 is 9.33 Å². The number of nitrogens with zero attached hydrogens (tertiary/aromatic N) is 5. The zero-order chi connectivity index (χ0) is 27.9. The van der Waals surface area contributed by atoms with Crippen LogP contribution in [0.3, 0.4) is 0 Å². The number of carbonyl (C=O) groups excluding carboxylic acids is 1. The Morgan fingerprint density at radius 1 is 0.900 bits per heavy atom. The monoisotopic (exact) mass is 551 g/mol. The fourth-order valence-electron chi connectivity index (χ4n) is 6.43. The van der Waals surface area contributed by atoms with E-state index in [0.29, 0.717) is 29.8 Å². The van der Waals surface area contributed by atoms with Gasteiger partial charge in [0.05, 0.1) is 25.0 Å². The molecule has 4 aromatic rings. The Hall–Kier alpha value is -3.62. The molecule has 2 aromatic carbocycles. The quantitative estimate of drug-likeness (QED) is 0.319. The minimum Gasteiger partial charge on any atom is -0.405 e. The molecule has 1 aliphatic heterocycles. The third-order valence-electron chi connectivity index (χ3n) is 8.54. The number of rotatable bonds is 7. The first-order valence-electron chi connectivity index (χ1n) is 14.2. The number of amides is 1. The van der Waals surface area contributed by atoms with Gasteiger partial charge in [-0.25, -0.2) is 4.98 Å². The van der Waals surface area contributed by atoms with Crippen LogP contribution in [-0.2, 0) is 4.43 Å². The number of carbonyl (C=O) groups is 1. The molecule has 1 aliphatic carbocycles. The van der Waals surface area contributed by atoms with E-state index >= 15 is 0 Å². The summed E-state index contributed by atoms with van der Waals surface area (Å²) in [5, 5.41) is 10.9. The normalized spacial score (nSPS) is 20.7. The molecule has 0 unspecified atom stereocenters. The van der Waals surface area contributed by atoms with Crippen LogP contribution in [0.4, 0.5) is 0 Å². The Morgan fingerprint density at radius 3 is 2.12 bits per heavy atom. The van der Waals surface area contributed by atoms with E-state index in [2.05, 4.69) is 91.6 Å².